The number of hydrogen-bond donors (Lipinski definition) is 0. The van der Waals surface area contributed by atoms with Gasteiger partial charge in [0.25, 0.3) is 0 Å². The lowest BCUT2D eigenvalue weighted by atomic mass is 10.1. The number of benzene rings is 1. The van der Waals surface area contributed by atoms with E-state index in [4.69, 9.17) is 0 Å². The van der Waals surface area contributed by atoms with Gasteiger partial charge in [0.05, 0.1) is 8.07 Å². The molecule has 0 nitrogen and oxygen atoms in total. The molecule has 0 radical (unpaired) electrons. The molecule has 1 heteroatoms. The van der Waals surface area contributed by atoms with E-state index >= 15 is 0 Å². The van der Waals surface area contributed by atoms with Gasteiger partial charge in [0.15, 0.2) is 0 Å². The molecule has 1 aromatic carbocycles. The zero-order valence-electron chi connectivity index (χ0n) is 11.2. The Labute approximate surface area is 107 Å². The Morgan fingerprint density at radius 1 is 1.00 bits per heavy atom. The van der Waals surface area contributed by atoms with Crippen LogP contribution in [0.4, 0.5) is 0 Å². The molecule has 0 spiro atoms. The molecule has 1 unspecified atom stereocenters. The minimum Gasteiger partial charge on any atom is -0.0885 e. The Hall–Kier alpha value is -0.823. The van der Waals surface area contributed by atoms with Crippen molar-refractivity contribution in [3.63, 3.8) is 0 Å². The predicted octanol–water partition coefficient (Wildman–Crippen LogP) is 4.49. The summed E-state index contributed by atoms with van der Waals surface area (Å²) in [5.74, 6) is 0. The van der Waals surface area contributed by atoms with Crippen LogP contribution in [0.3, 0.4) is 0 Å². The van der Waals surface area contributed by atoms with Crippen LogP contribution in [0.15, 0.2) is 42.5 Å². The van der Waals surface area contributed by atoms with Crippen LogP contribution in [0.1, 0.15) is 32.1 Å². The van der Waals surface area contributed by atoms with Crippen LogP contribution in [-0.2, 0) is 0 Å². The molecule has 0 fully saturated rings. The normalized spacial score (nSPS) is 21.9. The quantitative estimate of drug-likeness (QED) is 0.531. The van der Waals surface area contributed by atoms with Gasteiger partial charge >= 0.3 is 0 Å². The van der Waals surface area contributed by atoms with Crippen LogP contribution in [0, 0.1) is 0 Å². The summed E-state index contributed by atoms with van der Waals surface area (Å²) in [6.07, 6.45) is 11.9. The molecule has 0 saturated heterocycles. The molecular formula is C16H24Si. The Balaban J connectivity index is 2.21. The summed E-state index contributed by atoms with van der Waals surface area (Å²) in [6, 6.07) is 11.2. The molecule has 0 bridgehead atoms. The molecule has 0 aliphatic heterocycles. The van der Waals surface area contributed by atoms with Crippen molar-refractivity contribution in [1.29, 1.82) is 0 Å². The van der Waals surface area contributed by atoms with E-state index < -0.39 is 8.07 Å². The van der Waals surface area contributed by atoms with E-state index in [1.54, 1.807) is 5.19 Å². The Bertz CT molecular complexity index is 364. The van der Waals surface area contributed by atoms with Crippen molar-refractivity contribution in [3.8, 4) is 0 Å². The zero-order chi connectivity index (χ0) is 12.1. The van der Waals surface area contributed by atoms with Crippen LogP contribution < -0.4 is 5.19 Å². The molecular weight excluding hydrogens is 220 g/mol. The Kier molecular flexibility index (Phi) is 4.22. The Morgan fingerprint density at radius 2 is 1.76 bits per heavy atom. The van der Waals surface area contributed by atoms with Crippen molar-refractivity contribution < 1.29 is 0 Å². The van der Waals surface area contributed by atoms with Crippen LogP contribution in [0.25, 0.3) is 0 Å². The molecule has 1 aliphatic carbocycles. The largest absolute Gasteiger partial charge is 0.0885 e. The van der Waals surface area contributed by atoms with E-state index in [0.29, 0.717) is 0 Å². The van der Waals surface area contributed by atoms with E-state index in [1.807, 2.05) is 0 Å². The van der Waals surface area contributed by atoms with E-state index in [1.165, 1.54) is 32.1 Å². The highest BCUT2D eigenvalue weighted by molar-refractivity contribution is 6.91. The predicted molar refractivity (Wildman–Crippen MR) is 79.5 cm³/mol. The molecule has 0 aromatic heterocycles. The summed E-state index contributed by atoms with van der Waals surface area (Å²) in [6.45, 7) is 5.05. The van der Waals surface area contributed by atoms with Gasteiger partial charge in [0, 0.05) is 0 Å². The second-order valence-corrected chi connectivity index (χ2v) is 10.5. The summed E-state index contributed by atoms with van der Waals surface area (Å²) < 4.78 is 0. The molecule has 1 aliphatic rings. The highest BCUT2D eigenvalue weighted by atomic mass is 28.3. The number of rotatable bonds is 2. The zero-order valence-corrected chi connectivity index (χ0v) is 12.2. The lowest BCUT2D eigenvalue weighted by Crippen LogP contribution is -2.45. The monoisotopic (exact) mass is 244 g/mol. The first kappa shape index (κ1) is 12.6. The van der Waals surface area contributed by atoms with E-state index in [0.717, 1.165) is 5.54 Å². The van der Waals surface area contributed by atoms with Gasteiger partial charge in [0.1, 0.15) is 0 Å². The van der Waals surface area contributed by atoms with Crippen LogP contribution in [-0.4, -0.2) is 8.07 Å². The standard InChI is InChI=1S/C16H24Si/c1-17(2,16-13-9-6-10-14-16)15-11-7-4-3-5-8-12-15/h6-7,9-11,13-15H,3-5,8,12H2,1-2H3. The highest BCUT2D eigenvalue weighted by Gasteiger charge is 2.31. The average Bonchev–Trinajstić information content (AvgIpc) is 2.29. The molecule has 0 heterocycles. The third-order valence-corrected chi connectivity index (χ3v) is 8.36. The molecule has 0 N–H and O–H groups in total. The van der Waals surface area contributed by atoms with Gasteiger partial charge in [0.2, 0.25) is 0 Å². The van der Waals surface area contributed by atoms with Gasteiger partial charge in [-0.3, -0.25) is 0 Å². The molecule has 0 amide bonds. The third kappa shape index (κ3) is 3.10. The maximum atomic E-state index is 2.53. The lowest BCUT2D eigenvalue weighted by molar-refractivity contribution is 0.631. The first-order valence-corrected chi connectivity index (χ1v) is 10.0. The van der Waals surface area contributed by atoms with Crippen molar-refractivity contribution >= 4 is 13.3 Å². The second kappa shape index (κ2) is 5.68. The van der Waals surface area contributed by atoms with Crippen LogP contribution >= 0.6 is 0 Å². The van der Waals surface area contributed by atoms with Crippen LogP contribution in [0.2, 0.25) is 18.6 Å². The van der Waals surface area contributed by atoms with Crippen molar-refractivity contribution in [2.75, 3.05) is 0 Å². The molecule has 2 rings (SSSR count). The molecule has 1 aromatic rings. The number of hydrogen-bond acceptors (Lipinski definition) is 0. The number of allylic oxidation sites excluding steroid dienone is 2. The lowest BCUT2D eigenvalue weighted by Gasteiger charge is -2.32. The maximum absolute atomic E-state index is 2.53. The minimum absolute atomic E-state index is 0.824. The van der Waals surface area contributed by atoms with Gasteiger partial charge in [-0.05, 0) is 24.8 Å². The first-order valence-electron chi connectivity index (χ1n) is 6.93. The van der Waals surface area contributed by atoms with E-state index in [2.05, 4.69) is 55.6 Å². The van der Waals surface area contributed by atoms with Gasteiger partial charge in [-0.15, -0.1) is 0 Å². The summed E-state index contributed by atoms with van der Waals surface area (Å²) in [7, 11) is -1.32. The van der Waals surface area contributed by atoms with Gasteiger partial charge in [-0.2, -0.15) is 0 Å². The maximum Gasteiger partial charge on any atom is 0.0873 e. The summed E-state index contributed by atoms with van der Waals surface area (Å²) in [4.78, 5) is 0. The topological polar surface area (TPSA) is 0 Å². The molecule has 0 saturated carbocycles. The fraction of sp³-hybridized carbons (Fsp3) is 0.500. The Morgan fingerprint density at radius 3 is 2.53 bits per heavy atom. The van der Waals surface area contributed by atoms with Gasteiger partial charge in [-0.1, -0.05) is 73.6 Å². The fourth-order valence-corrected chi connectivity index (χ4v) is 5.87. The average molecular weight is 244 g/mol. The van der Waals surface area contributed by atoms with Gasteiger partial charge in [-0.25, -0.2) is 0 Å². The third-order valence-electron chi connectivity index (χ3n) is 4.20. The second-order valence-electron chi connectivity index (χ2n) is 5.76. The minimum atomic E-state index is -1.32. The first-order chi connectivity index (χ1) is 8.21. The fourth-order valence-electron chi connectivity index (χ4n) is 2.84. The molecule has 17 heavy (non-hydrogen) atoms. The molecule has 92 valence electrons. The summed E-state index contributed by atoms with van der Waals surface area (Å²) in [5, 5.41) is 1.61. The SMILES string of the molecule is C[Si](C)(c1ccccc1)C1C=CCCCCC1. The van der Waals surface area contributed by atoms with Gasteiger partial charge < -0.3 is 0 Å². The van der Waals surface area contributed by atoms with Crippen molar-refractivity contribution in [3.05, 3.63) is 42.5 Å². The van der Waals surface area contributed by atoms with Crippen LogP contribution in [0.5, 0.6) is 0 Å². The van der Waals surface area contributed by atoms with E-state index in [9.17, 15) is 0 Å². The summed E-state index contributed by atoms with van der Waals surface area (Å²) >= 11 is 0. The smallest absolute Gasteiger partial charge is 0.0873 e. The van der Waals surface area contributed by atoms with Crippen molar-refractivity contribution in [1.82, 2.24) is 0 Å². The van der Waals surface area contributed by atoms with Crippen molar-refractivity contribution in [2.45, 2.75) is 50.7 Å². The molecule has 1 atom stereocenters. The summed E-state index contributed by atoms with van der Waals surface area (Å²) in [5.41, 5.74) is 0.824. The highest BCUT2D eigenvalue weighted by Crippen LogP contribution is 2.31. The van der Waals surface area contributed by atoms with E-state index in [-0.39, 0.29) is 0 Å². The van der Waals surface area contributed by atoms with Crippen molar-refractivity contribution in [2.24, 2.45) is 0 Å².